The average Bonchev–Trinajstić information content (AvgIpc) is 2.51. The molecule has 0 saturated carbocycles. The van der Waals surface area contributed by atoms with Crippen LogP contribution in [0, 0.1) is 0 Å². The molecule has 0 aliphatic rings. The lowest BCUT2D eigenvalue weighted by Gasteiger charge is -2.28. The highest BCUT2D eigenvalue weighted by atomic mass is 127. The van der Waals surface area contributed by atoms with Gasteiger partial charge in [-0.2, -0.15) is 0 Å². The van der Waals surface area contributed by atoms with Crippen molar-refractivity contribution in [2.24, 2.45) is 0 Å². The van der Waals surface area contributed by atoms with Gasteiger partial charge in [0.2, 0.25) is 0 Å². The molecule has 0 bridgehead atoms. The summed E-state index contributed by atoms with van der Waals surface area (Å²) in [5, 5.41) is 8.97. The van der Waals surface area contributed by atoms with E-state index in [2.05, 4.69) is 21.0 Å². The number of unbranched alkanes of at least 4 members (excludes halogenated alkanes) is 11. The summed E-state index contributed by atoms with van der Waals surface area (Å²) < 4.78 is 6.55. The predicted molar refractivity (Wildman–Crippen MR) is 101 cm³/mol. The van der Waals surface area contributed by atoms with E-state index in [1.54, 1.807) is 0 Å². The van der Waals surface area contributed by atoms with Crippen molar-refractivity contribution in [1.29, 1.82) is 0 Å². The van der Waals surface area contributed by atoms with Gasteiger partial charge in [-0.25, -0.2) is 0 Å². The van der Waals surface area contributed by atoms with Crippen molar-refractivity contribution in [1.82, 2.24) is 0 Å². The highest BCUT2D eigenvalue weighted by Crippen LogP contribution is 2.11. The van der Waals surface area contributed by atoms with Crippen molar-refractivity contribution >= 4 is 0 Å². The van der Waals surface area contributed by atoms with Crippen molar-refractivity contribution < 1.29 is 38.3 Å². The fraction of sp³-hybridized carbons (Fsp3) is 1.00. The number of aliphatic hydroxyl groups excluding tert-OH is 1. The highest BCUT2D eigenvalue weighted by molar-refractivity contribution is 4.48. The van der Waals surface area contributed by atoms with Crippen LogP contribution in [0.25, 0.3) is 0 Å². The number of halogens is 1. The fourth-order valence-electron chi connectivity index (χ4n) is 2.84. The summed E-state index contributed by atoms with van der Waals surface area (Å²) in [6.07, 6.45) is 16.7. The van der Waals surface area contributed by atoms with Gasteiger partial charge >= 0.3 is 0 Å². The molecular formula is C20H44INO2. The average molecular weight is 457 g/mol. The minimum absolute atomic E-state index is 0. The molecule has 0 fully saturated rings. The molecule has 3 nitrogen and oxygen atoms in total. The summed E-state index contributed by atoms with van der Waals surface area (Å²) in [7, 11) is 4.28. The molecule has 0 radical (unpaired) electrons. The van der Waals surface area contributed by atoms with Gasteiger partial charge < -0.3 is 38.3 Å². The predicted octanol–water partition coefficient (Wildman–Crippen LogP) is 1.78. The fourth-order valence-corrected chi connectivity index (χ4v) is 2.84. The van der Waals surface area contributed by atoms with Crippen LogP contribution in [0.4, 0.5) is 0 Å². The zero-order chi connectivity index (χ0) is 17.2. The maximum Gasteiger partial charge on any atom is 0.102 e. The van der Waals surface area contributed by atoms with E-state index < -0.39 is 0 Å². The van der Waals surface area contributed by atoms with Crippen LogP contribution in [0.3, 0.4) is 0 Å². The summed E-state index contributed by atoms with van der Waals surface area (Å²) >= 11 is 0. The Morgan fingerprint density at radius 1 is 0.667 bits per heavy atom. The second kappa shape index (κ2) is 19.9. The number of nitrogens with zero attached hydrogens (tertiary/aromatic N) is 1. The van der Waals surface area contributed by atoms with Gasteiger partial charge in [-0.05, 0) is 6.42 Å². The van der Waals surface area contributed by atoms with Crippen LogP contribution in [0.2, 0.25) is 0 Å². The van der Waals surface area contributed by atoms with E-state index in [0.717, 1.165) is 30.8 Å². The van der Waals surface area contributed by atoms with Crippen molar-refractivity contribution in [3.05, 3.63) is 0 Å². The summed E-state index contributed by atoms with van der Waals surface area (Å²) in [6.45, 7) is 6.04. The number of ether oxygens (including phenoxy) is 1. The zero-order valence-corrected chi connectivity index (χ0v) is 18.9. The van der Waals surface area contributed by atoms with E-state index in [0.29, 0.717) is 0 Å². The third-order valence-corrected chi connectivity index (χ3v) is 4.69. The summed E-state index contributed by atoms with van der Waals surface area (Å²) in [5.41, 5.74) is 0. The SMILES string of the molecule is CCCCCCCCCCCCCCOCC[N+](C)(C)CCO.[I-]. The summed E-state index contributed by atoms with van der Waals surface area (Å²) in [4.78, 5) is 0. The van der Waals surface area contributed by atoms with Crippen LogP contribution in [-0.4, -0.2) is 56.6 Å². The number of rotatable bonds is 18. The molecule has 148 valence electrons. The van der Waals surface area contributed by atoms with E-state index in [1.807, 2.05) is 0 Å². The Labute approximate surface area is 169 Å². The standard InChI is InChI=1S/C20H44NO2.HI/c1-4-5-6-7-8-9-10-11-12-13-14-15-19-23-20-17-21(2,3)16-18-22;/h22H,4-20H2,1-3H3;1H/q+1;/p-1. The third kappa shape index (κ3) is 20.7. The second-order valence-electron chi connectivity index (χ2n) is 7.61. The van der Waals surface area contributed by atoms with Crippen LogP contribution in [0.15, 0.2) is 0 Å². The van der Waals surface area contributed by atoms with E-state index in [-0.39, 0.29) is 30.6 Å². The first kappa shape index (κ1) is 26.8. The molecule has 0 rings (SSSR count). The Morgan fingerprint density at radius 2 is 1.12 bits per heavy atom. The largest absolute Gasteiger partial charge is 1.00 e. The Balaban J connectivity index is 0. The molecular weight excluding hydrogens is 413 g/mol. The lowest BCUT2D eigenvalue weighted by Crippen LogP contribution is -3.00. The molecule has 0 atom stereocenters. The van der Waals surface area contributed by atoms with Gasteiger partial charge in [0.05, 0.1) is 27.3 Å². The normalized spacial score (nSPS) is 11.5. The van der Waals surface area contributed by atoms with Crippen molar-refractivity contribution in [2.75, 3.05) is 47.0 Å². The van der Waals surface area contributed by atoms with Crippen LogP contribution < -0.4 is 24.0 Å². The summed E-state index contributed by atoms with van der Waals surface area (Å²) in [5.74, 6) is 0. The van der Waals surface area contributed by atoms with Gasteiger partial charge in [0, 0.05) is 6.61 Å². The maximum atomic E-state index is 8.97. The van der Waals surface area contributed by atoms with Crippen molar-refractivity contribution in [3.8, 4) is 0 Å². The minimum atomic E-state index is 0. The molecule has 0 spiro atoms. The first-order valence-corrected chi connectivity index (χ1v) is 10.1. The molecule has 0 aromatic carbocycles. The summed E-state index contributed by atoms with van der Waals surface area (Å²) in [6, 6.07) is 0. The Morgan fingerprint density at radius 3 is 1.58 bits per heavy atom. The Bertz CT molecular complexity index is 238. The van der Waals surface area contributed by atoms with Gasteiger partial charge in [0.25, 0.3) is 0 Å². The van der Waals surface area contributed by atoms with Crippen molar-refractivity contribution in [2.45, 2.75) is 84.0 Å². The molecule has 1 N–H and O–H groups in total. The van der Waals surface area contributed by atoms with Gasteiger partial charge in [0.15, 0.2) is 0 Å². The third-order valence-electron chi connectivity index (χ3n) is 4.69. The monoisotopic (exact) mass is 457 g/mol. The second-order valence-corrected chi connectivity index (χ2v) is 7.61. The molecule has 0 heterocycles. The number of likely N-dealkylation sites (N-methyl/N-ethyl adjacent to an activating group) is 1. The van der Waals surface area contributed by atoms with Crippen LogP contribution in [-0.2, 0) is 4.74 Å². The molecule has 0 aliphatic carbocycles. The molecule has 0 aliphatic heterocycles. The van der Waals surface area contributed by atoms with Gasteiger partial charge in [0.1, 0.15) is 13.1 Å². The molecule has 24 heavy (non-hydrogen) atoms. The van der Waals surface area contributed by atoms with Crippen molar-refractivity contribution in [3.63, 3.8) is 0 Å². The van der Waals surface area contributed by atoms with E-state index in [1.165, 1.54) is 77.0 Å². The number of quaternary nitrogens is 1. The Hall–Kier alpha value is 0.610. The number of hydrogen-bond donors (Lipinski definition) is 1. The number of hydrogen-bond acceptors (Lipinski definition) is 2. The zero-order valence-electron chi connectivity index (χ0n) is 16.7. The van der Waals surface area contributed by atoms with Crippen LogP contribution in [0.5, 0.6) is 0 Å². The molecule has 0 saturated heterocycles. The number of aliphatic hydroxyl groups is 1. The lowest BCUT2D eigenvalue weighted by atomic mass is 10.1. The molecule has 0 unspecified atom stereocenters. The molecule has 4 heteroatoms. The minimum Gasteiger partial charge on any atom is -1.00 e. The molecule has 0 aromatic rings. The van der Waals surface area contributed by atoms with E-state index in [4.69, 9.17) is 9.84 Å². The van der Waals surface area contributed by atoms with Gasteiger partial charge in [-0.3, -0.25) is 0 Å². The quantitative estimate of drug-likeness (QED) is 0.193. The maximum absolute atomic E-state index is 8.97. The first-order chi connectivity index (χ1) is 11.1. The van der Waals surface area contributed by atoms with Gasteiger partial charge in [-0.1, -0.05) is 77.6 Å². The lowest BCUT2D eigenvalue weighted by molar-refractivity contribution is -0.891. The van der Waals surface area contributed by atoms with E-state index in [9.17, 15) is 0 Å². The smallest absolute Gasteiger partial charge is 0.102 e. The highest BCUT2D eigenvalue weighted by Gasteiger charge is 2.12. The topological polar surface area (TPSA) is 29.5 Å². The van der Waals surface area contributed by atoms with Crippen LogP contribution in [0.1, 0.15) is 84.0 Å². The Kier molecular flexibility index (Phi) is 22.3. The molecule has 0 aromatic heterocycles. The van der Waals surface area contributed by atoms with E-state index >= 15 is 0 Å². The van der Waals surface area contributed by atoms with Crippen LogP contribution >= 0.6 is 0 Å². The van der Waals surface area contributed by atoms with Gasteiger partial charge in [-0.15, -0.1) is 0 Å². The first-order valence-electron chi connectivity index (χ1n) is 10.1. The molecule has 0 amide bonds.